The van der Waals surface area contributed by atoms with Crippen molar-refractivity contribution in [2.45, 2.75) is 26.9 Å². The Hall–Kier alpha value is -0.900. The van der Waals surface area contributed by atoms with Crippen molar-refractivity contribution in [3.63, 3.8) is 0 Å². The van der Waals surface area contributed by atoms with E-state index in [2.05, 4.69) is 6.58 Å². The first-order valence-electron chi connectivity index (χ1n) is 5.52. The summed E-state index contributed by atoms with van der Waals surface area (Å²) in [6.45, 7) is 10.1. The molecule has 0 radical (unpaired) electrons. The van der Waals surface area contributed by atoms with E-state index in [0.717, 1.165) is 5.57 Å². The molecule has 0 aromatic heterocycles. The Kier molecular flexibility index (Phi) is 4.08. The van der Waals surface area contributed by atoms with Gasteiger partial charge in [-0.05, 0) is 20.8 Å². The first kappa shape index (κ1) is 13.2. The molecular weight excluding hydrogens is 209 g/mol. The molecule has 0 spiro atoms. The fraction of sp³-hybridized carbons (Fsp3) is 0.750. The molecule has 4 heteroatoms. The number of nitrogens with zero attached hydrogens (tertiary/aromatic N) is 1. The lowest BCUT2D eigenvalue weighted by Crippen LogP contribution is -2.50. The maximum absolute atomic E-state index is 12.5. The van der Waals surface area contributed by atoms with Crippen LogP contribution in [0.15, 0.2) is 12.2 Å². The van der Waals surface area contributed by atoms with E-state index < -0.39 is 18.2 Å². The van der Waals surface area contributed by atoms with E-state index in [9.17, 15) is 9.18 Å². The fourth-order valence-corrected chi connectivity index (χ4v) is 1.57. The molecule has 1 atom stereocenters. The number of carbonyl (C=O) groups is 1. The molecule has 1 aliphatic heterocycles. The van der Waals surface area contributed by atoms with Crippen LogP contribution in [-0.2, 0) is 9.53 Å². The first-order chi connectivity index (χ1) is 7.39. The second-order valence-corrected chi connectivity index (χ2v) is 4.80. The van der Waals surface area contributed by atoms with Gasteiger partial charge in [-0.2, -0.15) is 0 Å². The van der Waals surface area contributed by atoms with E-state index >= 15 is 0 Å². The Bertz CT molecular complexity index is 289. The molecule has 3 nitrogen and oxygen atoms in total. The Balaban J connectivity index is 2.70. The second kappa shape index (κ2) is 4.95. The summed E-state index contributed by atoms with van der Waals surface area (Å²) in [4.78, 5) is 13.9. The summed E-state index contributed by atoms with van der Waals surface area (Å²) in [7, 11) is 0. The van der Waals surface area contributed by atoms with Crippen molar-refractivity contribution < 1.29 is 13.9 Å². The van der Waals surface area contributed by atoms with Crippen LogP contribution in [0.1, 0.15) is 20.8 Å². The van der Waals surface area contributed by atoms with E-state index in [1.54, 1.807) is 4.90 Å². The van der Waals surface area contributed by atoms with Crippen molar-refractivity contribution in [1.29, 1.82) is 0 Å². The molecule has 0 bridgehead atoms. The third-order valence-corrected chi connectivity index (χ3v) is 3.20. The average Bonchev–Trinajstić information content (AvgIpc) is 2.27. The van der Waals surface area contributed by atoms with Crippen LogP contribution < -0.4 is 0 Å². The number of morpholine rings is 1. The Morgan fingerprint density at radius 2 is 2.25 bits per heavy atom. The molecule has 0 aliphatic carbocycles. The second-order valence-electron chi connectivity index (χ2n) is 4.80. The molecule has 0 aromatic carbocycles. The van der Waals surface area contributed by atoms with E-state index in [4.69, 9.17) is 4.74 Å². The summed E-state index contributed by atoms with van der Waals surface area (Å²) in [5.74, 6) is 0.00162. The fourth-order valence-electron chi connectivity index (χ4n) is 1.57. The van der Waals surface area contributed by atoms with E-state index in [1.807, 2.05) is 20.8 Å². The number of amides is 1. The van der Waals surface area contributed by atoms with Gasteiger partial charge in [-0.15, -0.1) is 0 Å². The van der Waals surface area contributed by atoms with Crippen LogP contribution in [0.2, 0.25) is 0 Å². The topological polar surface area (TPSA) is 29.5 Å². The highest BCUT2D eigenvalue weighted by Crippen LogP contribution is 2.27. The molecular formula is C12H20FNO2. The Labute approximate surface area is 96.3 Å². The van der Waals surface area contributed by atoms with Crippen molar-refractivity contribution in [1.82, 2.24) is 4.90 Å². The van der Waals surface area contributed by atoms with E-state index in [0.29, 0.717) is 19.7 Å². The predicted octanol–water partition coefficient (Wildman–Crippen LogP) is 1.79. The van der Waals surface area contributed by atoms with E-state index in [1.165, 1.54) is 0 Å². The highest BCUT2D eigenvalue weighted by Gasteiger charge is 2.35. The molecule has 1 fully saturated rings. The first-order valence-corrected chi connectivity index (χ1v) is 5.52. The third kappa shape index (κ3) is 2.61. The lowest BCUT2D eigenvalue weighted by molar-refractivity contribution is -0.146. The molecule has 92 valence electrons. The number of halogens is 1. The molecule has 1 heterocycles. The maximum Gasteiger partial charge on any atom is 0.232 e. The standard InChI is InChI=1S/C12H20FNO2/c1-9(2)12(3,4)11(15)14-5-6-16-10(7-13)8-14/h10H,1,5-8H2,2-4H3. The summed E-state index contributed by atoms with van der Waals surface area (Å²) in [5.41, 5.74) is 0.235. The smallest absolute Gasteiger partial charge is 0.232 e. The molecule has 1 rings (SSSR count). The average molecular weight is 229 g/mol. The third-order valence-electron chi connectivity index (χ3n) is 3.20. The summed E-state index contributed by atoms with van der Waals surface area (Å²) >= 11 is 0. The number of carbonyl (C=O) groups excluding carboxylic acids is 1. The molecule has 0 aromatic rings. The van der Waals surface area contributed by atoms with Crippen LogP contribution in [0.25, 0.3) is 0 Å². The number of rotatable bonds is 3. The Morgan fingerprint density at radius 3 is 2.75 bits per heavy atom. The quantitative estimate of drug-likeness (QED) is 0.690. The molecule has 1 amide bonds. The number of hydrogen-bond donors (Lipinski definition) is 0. The van der Waals surface area contributed by atoms with Crippen LogP contribution in [-0.4, -0.2) is 43.3 Å². The van der Waals surface area contributed by atoms with Gasteiger partial charge in [-0.3, -0.25) is 4.79 Å². The SMILES string of the molecule is C=C(C)C(C)(C)C(=O)N1CCOC(CF)C1. The van der Waals surface area contributed by atoms with Gasteiger partial charge < -0.3 is 9.64 Å². The molecule has 1 saturated heterocycles. The van der Waals surface area contributed by atoms with Crippen molar-refractivity contribution >= 4 is 5.91 Å². The van der Waals surface area contributed by atoms with E-state index in [-0.39, 0.29) is 5.91 Å². The van der Waals surface area contributed by atoms with Gasteiger partial charge in [0.2, 0.25) is 5.91 Å². The highest BCUT2D eigenvalue weighted by atomic mass is 19.1. The summed E-state index contributed by atoms with van der Waals surface area (Å²) < 4.78 is 17.7. The normalized spacial score (nSPS) is 22.0. The van der Waals surface area contributed by atoms with Gasteiger partial charge in [0.15, 0.2) is 0 Å². The minimum Gasteiger partial charge on any atom is -0.372 e. The summed E-state index contributed by atoms with van der Waals surface area (Å²) in [6, 6.07) is 0. The highest BCUT2D eigenvalue weighted by molar-refractivity contribution is 5.85. The minimum absolute atomic E-state index is 0.00162. The summed E-state index contributed by atoms with van der Waals surface area (Å²) in [6.07, 6.45) is -0.473. The largest absolute Gasteiger partial charge is 0.372 e. The van der Waals surface area contributed by atoms with Gasteiger partial charge in [-0.25, -0.2) is 4.39 Å². The molecule has 1 unspecified atom stereocenters. The number of alkyl halides is 1. The van der Waals surface area contributed by atoms with Gasteiger partial charge in [0.05, 0.1) is 12.0 Å². The zero-order chi connectivity index (χ0) is 12.3. The van der Waals surface area contributed by atoms with Gasteiger partial charge in [0.1, 0.15) is 12.8 Å². The molecule has 16 heavy (non-hydrogen) atoms. The van der Waals surface area contributed by atoms with Crippen LogP contribution in [0.4, 0.5) is 4.39 Å². The molecule has 1 aliphatic rings. The van der Waals surface area contributed by atoms with Crippen LogP contribution in [0.5, 0.6) is 0 Å². The van der Waals surface area contributed by atoms with Crippen molar-refractivity contribution in [3.8, 4) is 0 Å². The molecule has 0 N–H and O–H groups in total. The summed E-state index contributed by atoms with van der Waals surface area (Å²) in [5, 5.41) is 0. The van der Waals surface area contributed by atoms with Crippen LogP contribution in [0.3, 0.4) is 0 Å². The number of hydrogen-bond acceptors (Lipinski definition) is 2. The van der Waals surface area contributed by atoms with Crippen molar-refractivity contribution in [3.05, 3.63) is 12.2 Å². The van der Waals surface area contributed by atoms with Gasteiger partial charge in [0.25, 0.3) is 0 Å². The maximum atomic E-state index is 12.5. The number of ether oxygens (including phenoxy) is 1. The lowest BCUT2D eigenvalue weighted by Gasteiger charge is -2.37. The zero-order valence-electron chi connectivity index (χ0n) is 10.3. The van der Waals surface area contributed by atoms with Crippen LogP contribution >= 0.6 is 0 Å². The van der Waals surface area contributed by atoms with Crippen LogP contribution in [0, 0.1) is 5.41 Å². The van der Waals surface area contributed by atoms with Gasteiger partial charge in [0, 0.05) is 13.1 Å². The predicted molar refractivity (Wildman–Crippen MR) is 60.9 cm³/mol. The van der Waals surface area contributed by atoms with Gasteiger partial charge in [-0.1, -0.05) is 12.2 Å². The van der Waals surface area contributed by atoms with Crippen molar-refractivity contribution in [2.24, 2.45) is 5.41 Å². The lowest BCUT2D eigenvalue weighted by atomic mass is 9.84. The van der Waals surface area contributed by atoms with Crippen molar-refractivity contribution in [2.75, 3.05) is 26.4 Å². The molecule has 0 saturated carbocycles. The van der Waals surface area contributed by atoms with Gasteiger partial charge >= 0.3 is 0 Å². The monoisotopic (exact) mass is 229 g/mol. The minimum atomic E-state index is -0.585. The zero-order valence-corrected chi connectivity index (χ0v) is 10.3. The Morgan fingerprint density at radius 1 is 1.62 bits per heavy atom.